The van der Waals surface area contributed by atoms with Gasteiger partial charge in [-0.3, -0.25) is 4.79 Å². The van der Waals surface area contributed by atoms with Crippen LogP contribution in [0.3, 0.4) is 0 Å². The lowest BCUT2D eigenvalue weighted by Crippen LogP contribution is -2.38. The van der Waals surface area contributed by atoms with Crippen molar-refractivity contribution in [3.63, 3.8) is 0 Å². The van der Waals surface area contributed by atoms with Crippen LogP contribution in [-0.4, -0.2) is 23.9 Å². The van der Waals surface area contributed by atoms with Crippen molar-refractivity contribution in [2.75, 3.05) is 12.8 Å². The van der Waals surface area contributed by atoms with Gasteiger partial charge < -0.3 is 10.6 Å². The first-order valence-electron chi connectivity index (χ1n) is 6.52. The molecule has 0 aliphatic rings. The molecule has 0 radical (unpaired) electrons. The van der Waals surface area contributed by atoms with E-state index in [-0.39, 0.29) is 11.9 Å². The minimum Gasteiger partial charge on any atom is -0.399 e. The van der Waals surface area contributed by atoms with E-state index in [9.17, 15) is 4.79 Å². The van der Waals surface area contributed by atoms with E-state index >= 15 is 0 Å². The summed E-state index contributed by atoms with van der Waals surface area (Å²) in [5.74, 6) is 0.684. The largest absolute Gasteiger partial charge is 0.399 e. The van der Waals surface area contributed by atoms with Crippen LogP contribution in [0.2, 0.25) is 0 Å². The Labute approximate surface area is 110 Å². The highest BCUT2D eigenvalue weighted by Crippen LogP contribution is 2.12. The zero-order chi connectivity index (χ0) is 13.7. The van der Waals surface area contributed by atoms with Crippen LogP contribution in [-0.2, 0) is 11.2 Å². The molecule has 3 nitrogen and oxygen atoms in total. The number of hydrogen-bond acceptors (Lipinski definition) is 2. The Morgan fingerprint density at radius 1 is 1.22 bits per heavy atom. The molecule has 0 aliphatic heterocycles. The van der Waals surface area contributed by atoms with Crippen LogP contribution in [0, 0.1) is 5.92 Å². The second-order valence-electron chi connectivity index (χ2n) is 5.23. The number of nitrogen functional groups attached to an aromatic ring is 1. The molecular weight excluding hydrogens is 224 g/mol. The average Bonchev–Trinajstić information content (AvgIpc) is 2.35. The van der Waals surface area contributed by atoms with Crippen LogP contribution >= 0.6 is 0 Å². The Morgan fingerprint density at radius 2 is 1.78 bits per heavy atom. The first-order chi connectivity index (χ1) is 8.41. The molecule has 0 saturated heterocycles. The van der Waals surface area contributed by atoms with Crippen molar-refractivity contribution < 1.29 is 4.79 Å². The molecule has 0 fully saturated rings. The fourth-order valence-corrected chi connectivity index (χ4v) is 1.79. The van der Waals surface area contributed by atoms with Gasteiger partial charge in [0.15, 0.2) is 0 Å². The summed E-state index contributed by atoms with van der Waals surface area (Å²) in [4.78, 5) is 13.9. The minimum atomic E-state index is 0.202. The number of nitrogens with two attached hydrogens (primary N) is 1. The molecule has 1 aromatic rings. The van der Waals surface area contributed by atoms with E-state index in [1.54, 1.807) is 0 Å². The number of carbonyl (C=O) groups is 1. The van der Waals surface area contributed by atoms with Crippen molar-refractivity contribution >= 4 is 11.6 Å². The molecule has 1 amide bonds. The van der Waals surface area contributed by atoms with Crippen LogP contribution in [0.25, 0.3) is 0 Å². The van der Waals surface area contributed by atoms with Gasteiger partial charge in [0.05, 0.1) is 0 Å². The van der Waals surface area contributed by atoms with Gasteiger partial charge in [-0.05, 0) is 37.0 Å². The highest BCUT2D eigenvalue weighted by molar-refractivity contribution is 5.76. The Kier molecular flexibility index (Phi) is 5.20. The SMILES string of the molecule is CC(C)C(C)N(C)C(=O)CCc1ccc(N)cc1. The third-order valence-corrected chi connectivity index (χ3v) is 3.58. The standard InChI is InChI=1S/C15H24N2O/c1-11(2)12(3)17(4)15(18)10-7-13-5-8-14(16)9-6-13/h5-6,8-9,11-12H,7,10,16H2,1-4H3. The zero-order valence-corrected chi connectivity index (χ0v) is 11.8. The third-order valence-electron chi connectivity index (χ3n) is 3.58. The Morgan fingerprint density at radius 3 is 2.28 bits per heavy atom. The van der Waals surface area contributed by atoms with Crippen molar-refractivity contribution in [1.29, 1.82) is 0 Å². The van der Waals surface area contributed by atoms with Crippen LogP contribution in [0.15, 0.2) is 24.3 Å². The van der Waals surface area contributed by atoms with Crippen LogP contribution < -0.4 is 5.73 Å². The number of carbonyl (C=O) groups excluding carboxylic acids is 1. The summed E-state index contributed by atoms with van der Waals surface area (Å²) in [5, 5.41) is 0. The van der Waals surface area contributed by atoms with E-state index in [1.165, 1.54) is 0 Å². The second-order valence-corrected chi connectivity index (χ2v) is 5.23. The molecule has 0 spiro atoms. The molecule has 2 N–H and O–H groups in total. The molecule has 0 heterocycles. The summed E-state index contributed by atoms with van der Waals surface area (Å²) in [7, 11) is 1.88. The predicted molar refractivity (Wildman–Crippen MR) is 76.2 cm³/mol. The van der Waals surface area contributed by atoms with Gasteiger partial charge in [-0.15, -0.1) is 0 Å². The van der Waals surface area contributed by atoms with Gasteiger partial charge in [0.25, 0.3) is 0 Å². The highest BCUT2D eigenvalue weighted by Gasteiger charge is 2.17. The minimum absolute atomic E-state index is 0.202. The van der Waals surface area contributed by atoms with Crippen molar-refractivity contribution in [2.24, 2.45) is 5.92 Å². The van der Waals surface area contributed by atoms with E-state index in [1.807, 2.05) is 36.2 Å². The molecule has 1 atom stereocenters. The van der Waals surface area contributed by atoms with Gasteiger partial charge >= 0.3 is 0 Å². The molecule has 3 heteroatoms. The quantitative estimate of drug-likeness (QED) is 0.814. The maximum atomic E-state index is 12.0. The monoisotopic (exact) mass is 248 g/mol. The maximum absolute atomic E-state index is 12.0. The van der Waals surface area contributed by atoms with Crippen LogP contribution in [0.5, 0.6) is 0 Å². The molecular formula is C15H24N2O. The summed E-state index contributed by atoms with van der Waals surface area (Å²) in [6.45, 7) is 6.36. The summed E-state index contributed by atoms with van der Waals surface area (Å²) in [6.07, 6.45) is 1.33. The van der Waals surface area contributed by atoms with Crippen molar-refractivity contribution in [1.82, 2.24) is 4.90 Å². The molecule has 0 aliphatic carbocycles. The van der Waals surface area contributed by atoms with E-state index in [0.29, 0.717) is 12.3 Å². The molecule has 18 heavy (non-hydrogen) atoms. The lowest BCUT2D eigenvalue weighted by molar-refractivity contribution is -0.132. The number of aryl methyl sites for hydroxylation is 1. The third kappa shape index (κ3) is 4.06. The van der Waals surface area contributed by atoms with Crippen molar-refractivity contribution in [3.8, 4) is 0 Å². The number of anilines is 1. The molecule has 1 aromatic carbocycles. The number of amides is 1. The number of nitrogens with zero attached hydrogens (tertiary/aromatic N) is 1. The van der Waals surface area contributed by atoms with E-state index in [4.69, 9.17) is 5.73 Å². The fraction of sp³-hybridized carbons (Fsp3) is 0.533. The van der Waals surface area contributed by atoms with Crippen molar-refractivity contribution in [3.05, 3.63) is 29.8 Å². The second kappa shape index (κ2) is 6.43. The van der Waals surface area contributed by atoms with Gasteiger partial charge in [-0.1, -0.05) is 26.0 Å². The smallest absolute Gasteiger partial charge is 0.222 e. The number of hydrogen-bond donors (Lipinski definition) is 1. The predicted octanol–water partition coefficient (Wildman–Crippen LogP) is 2.70. The molecule has 0 aromatic heterocycles. The molecule has 0 bridgehead atoms. The Bertz CT molecular complexity index is 384. The number of benzene rings is 1. The normalized spacial score (nSPS) is 12.5. The molecule has 0 saturated carbocycles. The van der Waals surface area contributed by atoms with Gasteiger partial charge in [0.2, 0.25) is 5.91 Å². The van der Waals surface area contributed by atoms with Gasteiger partial charge in [-0.2, -0.15) is 0 Å². The van der Waals surface area contributed by atoms with Crippen molar-refractivity contribution in [2.45, 2.75) is 39.7 Å². The zero-order valence-electron chi connectivity index (χ0n) is 11.8. The van der Waals surface area contributed by atoms with E-state index < -0.39 is 0 Å². The highest BCUT2D eigenvalue weighted by atomic mass is 16.2. The topological polar surface area (TPSA) is 46.3 Å². The average molecular weight is 248 g/mol. The first-order valence-corrected chi connectivity index (χ1v) is 6.52. The summed E-state index contributed by atoms with van der Waals surface area (Å²) >= 11 is 0. The number of rotatable bonds is 5. The molecule has 1 rings (SSSR count). The Balaban J connectivity index is 2.48. The molecule has 1 unspecified atom stereocenters. The fourth-order valence-electron chi connectivity index (χ4n) is 1.79. The van der Waals surface area contributed by atoms with E-state index in [2.05, 4.69) is 20.8 Å². The summed E-state index contributed by atoms with van der Waals surface area (Å²) in [6, 6.07) is 7.99. The Hall–Kier alpha value is -1.51. The lowest BCUT2D eigenvalue weighted by atomic mass is 10.0. The van der Waals surface area contributed by atoms with Crippen LogP contribution in [0.4, 0.5) is 5.69 Å². The molecule has 100 valence electrons. The summed E-state index contributed by atoms with van der Waals surface area (Å²) in [5.41, 5.74) is 7.54. The van der Waals surface area contributed by atoms with Crippen LogP contribution in [0.1, 0.15) is 32.8 Å². The first kappa shape index (κ1) is 14.6. The lowest BCUT2D eigenvalue weighted by Gasteiger charge is -2.28. The maximum Gasteiger partial charge on any atom is 0.222 e. The van der Waals surface area contributed by atoms with Gasteiger partial charge in [0.1, 0.15) is 0 Å². The van der Waals surface area contributed by atoms with E-state index in [0.717, 1.165) is 17.7 Å². The van der Waals surface area contributed by atoms with Gasteiger partial charge in [0, 0.05) is 25.2 Å². The summed E-state index contributed by atoms with van der Waals surface area (Å²) < 4.78 is 0. The van der Waals surface area contributed by atoms with Gasteiger partial charge in [-0.25, -0.2) is 0 Å².